The van der Waals surface area contributed by atoms with Crippen LogP contribution in [0.2, 0.25) is 0 Å². The van der Waals surface area contributed by atoms with E-state index in [9.17, 15) is 33.9 Å². The second-order valence-electron chi connectivity index (χ2n) is 13.4. The molecular formula is C38H48N10O7. The van der Waals surface area contributed by atoms with Crippen LogP contribution in [0.15, 0.2) is 59.5 Å². The number of hydrogen-bond acceptors (Lipinski definition) is 11. The second kappa shape index (κ2) is 20.2. The van der Waals surface area contributed by atoms with Crippen LogP contribution in [0.4, 0.5) is 11.6 Å². The van der Waals surface area contributed by atoms with Gasteiger partial charge in [0.15, 0.2) is 11.2 Å². The minimum absolute atomic E-state index is 0.0320. The predicted molar refractivity (Wildman–Crippen MR) is 206 cm³/mol. The third kappa shape index (κ3) is 13.5. The van der Waals surface area contributed by atoms with E-state index in [1.54, 1.807) is 43.3 Å². The molecule has 0 aliphatic heterocycles. The third-order valence-corrected chi connectivity index (χ3v) is 8.65. The number of aliphatic carboxylic acids is 1. The molecule has 0 saturated carbocycles. The van der Waals surface area contributed by atoms with Gasteiger partial charge in [0.1, 0.15) is 6.04 Å². The Labute approximate surface area is 317 Å². The summed E-state index contributed by atoms with van der Waals surface area (Å²) in [5.74, 6) is -2.59. The number of fused-ring (bicyclic) bond motifs is 1. The van der Waals surface area contributed by atoms with Gasteiger partial charge < -0.3 is 37.4 Å². The van der Waals surface area contributed by atoms with Gasteiger partial charge in [0, 0.05) is 48.3 Å². The lowest BCUT2D eigenvalue weighted by molar-refractivity contribution is -0.142. The number of carboxylic acid groups (broad SMARTS) is 1. The molecule has 292 valence electrons. The Morgan fingerprint density at radius 1 is 0.800 bits per heavy atom. The van der Waals surface area contributed by atoms with Gasteiger partial charge in [0.05, 0.1) is 18.4 Å². The van der Waals surface area contributed by atoms with Gasteiger partial charge in [-0.25, -0.2) is 14.8 Å². The highest BCUT2D eigenvalue weighted by Gasteiger charge is 2.22. The van der Waals surface area contributed by atoms with Crippen LogP contribution in [0, 0.1) is 6.92 Å². The molecule has 4 amide bonds. The van der Waals surface area contributed by atoms with Crippen molar-refractivity contribution < 1.29 is 29.1 Å². The van der Waals surface area contributed by atoms with Gasteiger partial charge in [-0.05, 0) is 89.3 Å². The molecule has 55 heavy (non-hydrogen) atoms. The molecule has 0 radical (unpaired) electrons. The Morgan fingerprint density at radius 3 is 2.15 bits per heavy atom. The molecule has 0 aliphatic rings. The van der Waals surface area contributed by atoms with Gasteiger partial charge in [-0.1, -0.05) is 17.7 Å². The van der Waals surface area contributed by atoms with Crippen molar-refractivity contribution >= 4 is 52.4 Å². The van der Waals surface area contributed by atoms with Crippen LogP contribution < -0.4 is 37.9 Å². The normalized spacial score (nSPS) is 12.6. The fourth-order valence-electron chi connectivity index (χ4n) is 5.52. The number of H-pyrrole nitrogens is 1. The largest absolute Gasteiger partial charge is 0.480 e. The minimum atomic E-state index is -1.25. The SMILES string of the molecule is Cc1ccc(C(=O)NCCCC[C@@H](C)NC(=O)CC[C@H](NC(=O)CC[C@@H](C)NC(=O)c2ccc(NCc3cnc4nc(N)[nH]c(=O)c4n3)cc2)C(=O)O)cc1. The number of nitrogens with one attached hydrogen (secondary N) is 6. The van der Waals surface area contributed by atoms with Gasteiger partial charge in [-0.15, -0.1) is 0 Å². The van der Waals surface area contributed by atoms with E-state index >= 15 is 0 Å². The van der Waals surface area contributed by atoms with E-state index in [1.807, 2.05) is 26.0 Å². The molecule has 2 heterocycles. The maximum Gasteiger partial charge on any atom is 0.326 e. The number of carboxylic acids is 1. The lowest BCUT2D eigenvalue weighted by Crippen LogP contribution is -2.42. The Kier molecular flexibility index (Phi) is 15.2. The number of carbonyl (C=O) groups is 5. The first-order chi connectivity index (χ1) is 26.3. The molecule has 4 rings (SSSR count). The van der Waals surface area contributed by atoms with Crippen LogP contribution in [0.25, 0.3) is 11.2 Å². The van der Waals surface area contributed by atoms with Crippen molar-refractivity contribution in [3.63, 3.8) is 0 Å². The summed E-state index contributed by atoms with van der Waals surface area (Å²) < 4.78 is 0. The molecule has 9 N–H and O–H groups in total. The number of nitrogen functional groups attached to an aromatic ring is 1. The van der Waals surface area contributed by atoms with E-state index in [-0.39, 0.29) is 73.1 Å². The first kappa shape index (κ1) is 41.4. The molecule has 2 aromatic carbocycles. The van der Waals surface area contributed by atoms with Crippen molar-refractivity contribution in [2.45, 2.75) is 90.4 Å². The number of nitrogens with zero attached hydrogens (tertiary/aromatic N) is 3. The summed E-state index contributed by atoms with van der Waals surface area (Å²) in [4.78, 5) is 88.8. The minimum Gasteiger partial charge on any atom is -0.480 e. The Hall–Kier alpha value is -6.39. The van der Waals surface area contributed by atoms with Crippen molar-refractivity contribution in [3.05, 3.63) is 87.5 Å². The molecule has 17 heteroatoms. The van der Waals surface area contributed by atoms with Gasteiger partial charge in [0.25, 0.3) is 17.4 Å². The number of aromatic nitrogens is 4. The van der Waals surface area contributed by atoms with Crippen LogP contribution in [-0.2, 0) is 20.9 Å². The lowest BCUT2D eigenvalue weighted by Gasteiger charge is -2.18. The number of rotatable bonds is 20. The maximum atomic E-state index is 12.8. The molecule has 4 aromatic rings. The van der Waals surface area contributed by atoms with E-state index in [1.165, 1.54) is 6.20 Å². The van der Waals surface area contributed by atoms with Crippen LogP contribution in [0.1, 0.15) is 90.8 Å². The van der Waals surface area contributed by atoms with Crippen LogP contribution in [0.5, 0.6) is 0 Å². The number of carbonyl (C=O) groups excluding carboxylic acids is 4. The summed E-state index contributed by atoms with van der Waals surface area (Å²) in [5, 5.41) is 23.8. The maximum absolute atomic E-state index is 12.8. The molecule has 3 atom stereocenters. The van der Waals surface area contributed by atoms with Crippen molar-refractivity contribution in [2.24, 2.45) is 0 Å². The average molecular weight is 757 g/mol. The highest BCUT2D eigenvalue weighted by atomic mass is 16.4. The molecular weight excluding hydrogens is 708 g/mol. The zero-order chi connectivity index (χ0) is 39.9. The van der Waals surface area contributed by atoms with E-state index < -0.39 is 29.5 Å². The van der Waals surface area contributed by atoms with Gasteiger partial charge in [-0.3, -0.25) is 29.0 Å². The van der Waals surface area contributed by atoms with Crippen LogP contribution >= 0.6 is 0 Å². The third-order valence-electron chi connectivity index (χ3n) is 8.65. The summed E-state index contributed by atoms with van der Waals surface area (Å²) >= 11 is 0. The van der Waals surface area contributed by atoms with E-state index in [0.29, 0.717) is 35.5 Å². The number of amides is 4. The van der Waals surface area contributed by atoms with Crippen molar-refractivity contribution in [3.8, 4) is 0 Å². The lowest BCUT2D eigenvalue weighted by atomic mass is 10.1. The van der Waals surface area contributed by atoms with E-state index in [2.05, 4.69) is 46.5 Å². The van der Waals surface area contributed by atoms with Crippen molar-refractivity contribution in [1.29, 1.82) is 0 Å². The monoisotopic (exact) mass is 756 g/mol. The first-order valence-corrected chi connectivity index (χ1v) is 18.1. The molecule has 0 aliphatic carbocycles. The number of aryl methyl sites for hydroxylation is 1. The number of benzene rings is 2. The summed E-state index contributed by atoms with van der Waals surface area (Å²) in [6.45, 7) is 6.32. The molecule has 17 nitrogen and oxygen atoms in total. The van der Waals surface area contributed by atoms with Crippen molar-refractivity contribution in [1.82, 2.24) is 41.2 Å². The number of unbranched alkanes of at least 4 members (excludes halogenated alkanes) is 1. The summed E-state index contributed by atoms with van der Waals surface area (Å²) in [5.41, 5.74) is 8.53. The van der Waals surface area contributed by atoms with E-state index in [0.717, 1.165) is 18.4 Å². The summed E-state index contributed by atoms with van der Waals surface area (Å²) in [7, 11) is 0. The Bertz CT molecular complexity index is 2020. The predicted octanol–water partition coefficient (Wildman–Crippen LogP) is 2.57. The Morgan fingerprint density at radius 2 is 1.44 bits per heavy atom. The molecule has 0 bridgehead atoms. The fraction of sp³-hybridized carbons (Fsp3) is 0.395. The highest BCUT2D eigenvalue weighted by molar-refractivity contribution is 5.95. The number of nitrogens with two attached hydrogens (primary N) is 1. The molecule has 0 saturated heterocycles. The summed E-state index contributed by atoms with van der Waals surface area (Å²) in [6.07, 6.45) is 3.75. The molecule has 0 spiro atoms. The van der Waals surface area contributed by atoms with Gasteiger partial charge in [-0.2, -0.15) is 4.98 Å². The zero-order valence-electron chi connectivity index (χ0n) is 31.1. The standard InChI is InChI=1S/C38H48N10O7/c1-22-7-10-25(11-8-22)34(51)40-19-5-4-6-23(2)43-30(49)18-16-29(37(54)55)46-31(50)17-9-24(3)44-35(52)26-12-14-27(15-13-26)41-20-28-21-42-33-32(45-28)36(53)48-38(39)47-33/h7-8,10-15,21,23-24,29,41H,4-6,9,16-20H2,1-3H3,(H,40,51)(H,43,49)(H,44,52)(H,46,50)(H,54,55)(H3,39,42,47,48,53)/t23-,24-,29+/m1/s1. The number of aromatic amines is 1. The fourth-order valence-corrected chi connectivity index (χ4v) is 5.52. The molecule has 2 aromatic heterocycles. The quantitative estimate of drug-likeness (QED) is 0.0605. The number of hydrogen-bond donors (Lipinski definition) is 8. The van der Waals surface area contributed by atoms with Crippen LogP contribution in [0.3, 0.4) is 0 Å². The topological polar surface area (TPSA) is 263 Å². The number of anilines is 2. The highest BCUT2D eigenvalue weighted by Crippen LogP contribution is 2.13. The molecule has 0 unspecified atom stereocenters. The second-order valence-corrected chi connectivity index (χ2v) is 13.4. The summed E-state index contributed by atoms with van der Waals surface area (Å²) in [6, 6.07) is 12.2. The zero-order valence-corrected chi connectivity index (χ0v) is 31.1. The van der Waals surface area contributed by atoms with Gasteiger partial charge >= 0.3 is 5.97 Å². The average Bonchev–Trinajstić information content (AvgIpc) is 3.15. The van der Waals surface area contributed by atoms with Crippen molar-refractivity contribution in [2.75, 3.05) is 17.6 Å². The van der Waals surface area contributed by atoms with Crippen LogP contribution in [-0.4, -0.2) is 79.3 Å². The first-order valence-electron chi connectivity index (χ1n) is 18.1. The smallest absolute Gasteiger partial charge is 0.326 e. The van der Waals surface area contributed by atoms with E-state index in [4.69, 9.17) is 5.73 Å². The Balaban J connectivity index is 1.10. The molecule has 0 fully saturated rings. The van der Waals surface area contributed by atoms with Gasteiger partial charge in [0.2, 0.25) is 17.8 Å².